The Morgan fingerprint density at radius 2 is 1.84 bits per heavy atom. The molecule has 1 aromatic heterocycles. The largest absolute Gasteiger partial charge is 0.322 e. The van der Waals surface area contributed by atoms with Crippen molar-refractivity contribution in [3.63, 3.8) is 0 Å². The number of hydrogen-bond acceptors (Lipinski definition) is 0. The summed E-state index contributed by atoms with van der Waals surface area (Å²) in [6, 6.07) is 13.0. The van der Waals surface area contributed by atoms with E-state index in [2.05, 4.69) is 37.5 Å². The molecule has 0 saturated carbocycles. The van der Waals surface area contributed by atoms with Crippen LogP contribution in [0, 0.1) is 24.6 Å². The van der Waals surface area contributed by atoms with Crippen molar-refractivity contribution < 1.29 is 4.39 Å². The third-order valence-corrected chi connectivity index (χ3v) is 4.22. The molecule has 124 valence electrons. The average molecular weight is 329 g/mol. The molecule has 2 aromatic carbocycles. The standard InChI is InChI=1S/C23H20FN/c1-5-8-18-14-25(15-22(18)21-9-6-7-10-23(21)24)19-11-12-20(16(2)3)17(4)13-19/h6-7,9-15H,2H2,1,3-4H3. The van der Waals surface area contributed by atoms with Gasteiger partial charge in [-0.2, -0.15) is 0 Å². The fourth-order valence-electron chi connectivity index (χ4n) is 3.02. The quantitative estimate of drug-likeness (QED) is 0.520. The molecule has 3 rings (SSSR count). The topological polar surface area (TPSA) is 4.93 Å². The first kappa shape index (κ1) is 16.8. The first-order chi connectivity index (χ1) is 12.0. The van der Waals surface area contributed by atoms with Gasteiger partial charge in [-0.1, -0.05) is 42.3 Å². The summed E-state index contributed by atoms with van der Waals surface area (Å²) in [6.07, 6.45) is 3.89. The predicted octanol–water partition coefficient (Wildman–Crippen LogP) is 6.00. The lowest BCUT2D eigenvalue weighted by molar-refractivity contribution is 0.631. The van der Waals surface area contributed by atoms with Crippen LogP contribution in [0.4, 0.5) is 4.39 Å². The minimum absolute atomic E-state index is 0.242. The Labute approximate surface area is 148 Å². The normalized spacial score (nSPS) is 10.2. The number of aromatic nitrogens is 1. The molecule has 0 fully saturated rings. The molecular weight excluding hydrogens is 309 g/mol. The van der Waals surface area contributed by atoms with Gasteiger partial charge in [0.1, 0.15) is 5.82 Å². The van der Waals surface area contributed by atoms with E-state index in [0.29, 0.717) is 5.56 Å². The molecule has 0 saturated heterocycles. The molecular formula is C23H20FN. The van der Waals surface area contributed by atoms with Crippen LogP contribution in [0.25, 0.3) is 22.4 Å². The number of benzene rings is 2. The smallest absolute Gasteiger partial charge is 0.131 e. The minimum Gasteiger partial charge on any atom is -0.322 e. The number of aryl methyl sites for hydroxylation is 1. The Morgan fingerprint density at radius 3 is 2.48 bits per heavy atom. The molecule has 0 aliphatic rings. The molecule has 0 aliphatic carbocycles. The third-order valence-electron chi connectivity index (χ3n) is 4.22. The second-order valence-corrected chi connectivity index (χ2v) is 6.13. The Bertz CT molecular complexity index is 1010. The van der Waals surface area contributed by atoms with Crippen molar-refractivity contribution in [2.24, 2.45) is 0 Å². The van der Waals surface area contributed by atoms with E-state index >= 15 is 0 Å². The van der Waals surface area contributed by atoms with E-state index in [-0.39, 0.29) is 5.82 Å². The van der Waals surface area contributed by atoms with Crippen LogP contribution in [-0.4, -0.2) is 4.57 Å². The van der Waals surface area contributed by atoms with Crippen LogP contribution in [-0.2, 0) is 0 Å². The van der Waals surface area contributed by atoms with Crippen LogP contribution in [0.1, 0.15) is 30.5 Å². The molecule has 3 aromatic rings. The van der Waals surface area contributed by atoms with Gasteiger partial charge in [-0.3, -0.25) is 0 Å². The van der Waals surface area contributed by atoms with Crippen molar-refractivity contribution in [2.75, 3.05) is 0 Å². The maximum absolute atomic E-state index is 14.2. The van der Waals surface area contributed by atoms with Crippen LogP contribution < -0.4 is 0 Å². The number of rotatable bonds is 3. The zero-order valence-corrected chi connectivity index (χ0v) is 14.7. The van der Waals surface area contributed by atoms with E-state index < -0.39 is 0 Å². The summed E-state index contributed by atoms with van der Waals surface area (Å²) in [4.78, 5) is 0. The molecule has 25 heavy (non-hydrogen) atoms. The zero-order valence-electron chi connectivity index (χ0n) is 14.7. The summed E-state index contributed by atoms with van der Waals surface area (Å²) in [5.74, 6) is 5.76. The van der Waals surface area contributed by atoms with Gasteiger partial charge in [0.05, 0.1) is 5.56 Å². The van der Waals surface area contributed by atoms with Crippen molar-refractivity contribution >= 4 is 5.57 Å². The third kappa shape index (κ3) is 3.27. The number of hydrogen-bond donors (Lipinski definition) is 0. The summed E-state index contributed by atoms with van der Waals surface area (Å²) in [5, 5.41) is 0. The lowest BCUT2D eigenvalue weighted by Crippen LogP contribution is -1.93. The highest BCUT2D eigenvalue weighted by molar-refractivity contribution is 5.72. The summed E-state index contributed by atoms with van der Waals surface area (Å²) >= 11 is 0. The fourth-order valence-corrected chi connectivity index (χ4v) is 3.02. The van der Waals surface area contributed by atoms with Gasteiger partial charge in [-0.15, -0.1) is 5.92 Å². The number of halogens is 1. The number of nitrogens with zero attached hydrogens (tertiary/aromatic N) is 1. The highest BCUT2D eigenvalue weighted by Gasteiger charge is 2.12. The molecule has 0 bridgehead atoms. The van der Waals surface area contributed by atoms with E-state index in [4.69, 9.17) is 0 Å². The van der Waals surface area contributed by atoms with Crippen LogP contribution in [0.5, 0.6) is 0 Å². The van der Waals surface area contributed by atoms with E-state index in [1.54, 1.807) is 19.1 Å². The molecule has 1 heterocycles. The molecule has 0 radical (unpaired) electrons. The van der Waals surface area contributed by atoms with Crippen LogP contribution >= 0.6 is 0 Å². The highest BCUT2D eigenvalue weighted by Crippen LogP contribution is 2.29. The molecule has 0 unspecified atom stereocenters. The Morgan fingerprint density at radius 1 is 1.08 bits per heavy atom. The van der Waals surface area contributed by atoms with Crippen molar-refractivity contribution in [1.82, 2.24) is 4.57 Å². The molecule has 1 nitrogen and oxygen atoms in total. The van der Waals surface area contributed by atoms with Crippen LogP contribution in [0.2, 0.25) is 0 Å². The summed E-state index contributed by atoms with van der Waals surface area (Å²) in [5.41, 5.74) is 6.55. The van der Waals surface area contributed by atoms with Gasteiger partial charge in [-0.05, 0) is 50.1 Å². The van der Waals surface area contributed by atoms with Gasteiger partial charge in [0.25, 0.3) is 0 Å². The predicted molar refractivity (Wildman–Crippen MR) is 103 cm³/mol. The highest BCUT2D eigenvalue weighted by atomic mass is 19.1. The second kappa shape index (κ2) is 6.83. The van der Waals surface area contributed by atoms with Crippen LogP contribution in [0.15, 0.2) is 61.4 Å². The van der Waals surface area contributed by atoms with E-state index in [9.17, 15) is 4.39 Å². The monoisotopic (exact) mass is 329 g/mol. The Hall–Kier alpha value is -3.05. The second-order valence-electron chi connectivity index (χ2n) is 6.13. The van der Waals surface area contributed by atoms with Gasteiger partial charge in [0.15, 0.2) is 0 Å². The molecule has 0 aliphatic heterocycles. The van der Waals surface area contributed by atoms with Crippen molar-refractivity contribution in [3.8, 4) is 28.7 Å². The Kier molecular flexibility index (Phi) is 4.59. The molecule has 0 amide bonds. The van der Waals surface area contributed by atoms with E-state index in [1.165, 1.54) is 6.07 Å². The lowest BCUT2D eigenvalue weighted by atomic mass is 10.0. The van der Waals surface area contributed by atoms with Gasteiger partial charge < -0.3 is 4.57 Å². The molecule has 0 N–H and O–H groups in total. The maximum atomic E-state index is 14.2. The summed E-state index contributed by atoms with van der Waals surface area (Å²) in [7, 11) is 0. The van der Waals surface area contributed by atoms with Crippen molar-refractivity contribution in [3.05, 3.63) is 83.9 Å². The summed E-state index contributed by atoms with van der Waals surface area (Å²) in [6.45, 7) is 9.87. The minimum atomic E-state index is -0.242. The van der Waals surface area contributed by atoms with E-state index in [1.807, 2.05) is 36.0 Å². The maximum Gasteiger partial charge on any atom is 0.131 e. The Balaban J connectivity index is 2.14. The number of allylic oxidation sites excluding steroid dienone is 1. The summed E-state index contributed by atoms with van der Waals surface area (Å²) < 4.78 is 16.2. The van der Waals surface area contributed by atoms with Gasteiger partial charge in [0.2, 0.25) is 0 Å². The molecule has 0 spiro atoms. The van der Waals surface area contributed by atoms with Crippen molar-refractivity contribution in [1.29, 1.82) is 0 Å². The first-order valence-electron chi connectivity index (χ1n) is 8.18. The van der Waals surface area contributed by atoms with Crippen LogP contribution in [0.3, 0.4) is 0 Å². The first-order valence-corrected chi connectivity index (χ1v) is 8.18. The van der Waals surface area contributed by atoms with Gasteiger partial charge in [-0.25, -0.2) is 4.39 Å². The lowest BCUT2D eigenvalue weighted by Gasteiger charge is -2.09. The molecule has 0 atom stereocenters. The zero-order chi connectivity index (χ0) is 18.0. The van der Waals surface area contributed by atoms with Gasteiger partial charge in [0, 0.05) is 29.2 Å². The van der Waals surface area contributed by atoms with Crippen molar-refractivity contribution in [2.45, 2.75) is 20.8 Å². The van der Waals surface area contributed by atoms with Gasteiger partial charge >= 0.3 is 0 Å². The average Bonchev–Trinajstić information content (AvgIpc) is 2.99. The van der Waals surface area contributed by atoms with E-state index in [0.717, 1.165) is 33.5 Å². The SMILES string of the molecule is C=C(C)c1ccc(-n2cc(C#CC)c(-c3ccccc3F)c2)cc1C. The molecule has 2 heteroatoms. The fraction of sp³-hybridized carbons (Fsp3) is 0.130.